The summed E-state index contributed by atoms with van der Waals surface area (Å²) in [6, 6.07) is 0.561. The molecule has 0 aromatic carbocycles. The van der Waals surface area contributed by atoms with Gasteiger partial charge in [0.05, 0.1) is 0 Å². The Labute approximate surface area is 83.6 Å². The lowest BCUT2D eigenvalue weighted by molar-refractivity contribution is 0.329. The molecule has 0 aromatic heterocycles. The summed E-state index contributed by atoms with van der Waals surface area (Å²) in [5, 5.41) is 3.27. The van der Waals surface area contributed by atoms with E-state index in [4.69, 9.17) is 0 Å². The molecule has 0 saturated heterocycles. The van der Waals surface area contributed by atoms with E-state index in [1.165, 1.54) is 5.57 Å². The van der Waals surface area contributed by atoms with E-state index in [1.54, 1.807) is 0 Å². The van der Waals surface area contributed by atoms with Crippen molar-refractivity contribution in [1.29, 1.82) is 0 Å². The first-order valence-electron chi connectivity index (χ1n) is 5.17. The molecule has 0 spiro atoms. The first-order valence-corrected chi connectivity index (χ1v) is 5.17. The van der Waals surface area contributed by atoms with E-state index in [0.29, 0.717) is 12.0 Å². The highest BCUT2D eigenvalue weighted by Crippen LogP contribution is 2.34. The average molecular weight is 183 g/mol. The van der Waals surface area contributed by atoms with Crippen molar-refractivity contribution in [2.24, 2.45) is 11.3 Å². The maximum atomic E-state index is 4.19. The Hall–Kier alpha value is -0.300. The van der Waals surface area contributed by atoms with Crippen LogP contribution >= 0.6 is 0 Å². The summed E-state index contributed by atoms with van der Waals surface area (Å²) in [6.45, 7) is 15.4. The first kappa shape index (κ1) is 12.7. The van der Waals surface area contributed by atoms with Gasteiger partial charge < -0.3 is 5.32 Å². The fourth-order valence-corrected chi connectivity index (χ4v) is 1.78. The second kappa shape index (κ2) is 4.80. The van der Waals surface area contributed by atoms with Crippen LogP contribution in [-0.2, 0) is 0 Å². The van der Waals surface area contributed by atoms with Crippen LogP contribution < -0.4 is 5.32 Å². The molecule has 0 aromatic rings. The van der Waals surface area contributed by atoms with Crippen LogP contribution in [0.3, 0.4) is 0 Å². The van der Waals surface area contributed by atoms with Crippen molar-refractivity contribution in [3.05, 3.63) is 12.2 Å². The van der Waals surface area contributed by atoms with E-state index < -0.39 is 0 Å². The van der Waals surface area contributed by atoms with Gasteiger partial charge in [-0.3, -0.25) is 0 Å². The fourth-order valence-electron chi connectivity index (χ4n) is 1.78. The predicted octanol–water partition coefficient (Wildman–Crippen LogP) is 3.22. The van der Waals surface area contributed by atoms with Gasteiger partial charge in [-0.2, -0.15) is 0 Å². The predicted molar refractivity (Wildman–Crippen MR) is 60.9 cm³/mol. The Kier molecular flexibility index (Phi) is 4.69. The van der Waals surface area contributed by atoms with Gasteiger partial charge in [-0.05, 0) is 31.7 Å². The molecule has 78 valence electrons. The second-order valence-electron chi connectivity index (χ2n) is 4.96. The zero-order valence-electron chi connectivity index (χ0n) is 10.1. The molecule has 0 fully saturated rings. The molecule has 0 rings (SSSR count). The molecule has 1 atom stereocenters. The highest BCUT2D eigenvalue weighted by atomic mass is 14.9. The number of rotatable bonds is 5. The zero-order chi connectivity index (χ0) is 10.6. The van der Waals surface area contributed by atoms with Crippen LogP contribution in [0.5, 0.6) is 0 Å². The Balaban J connectivity index is 4.30. The van der Waals surface area contributed by atoms with Gasteiger partial charge >= 0.3 is 0 Å². The number of nitrogens with one attached hydrogen (secondary N) is 1. The Morgan fingerprint density at radius 3 is 2.08 bits per heavy atom. The number of hydrogen-bond acceptors (Lipinski definition) is 1. The van der Waals surface area contributed by atoms with Crippen LogP contribution in [0.4, 0.5) is 0 Å². The number of hydrogen-bond donors (Lipinski definition) is 1. The summed E-state index contributed by atoms with van der Waals surface area (Å²) >= 11 is 0. The molecule has 0 bridgehead atoms. The molecular formula is C12H25N. The van der Waals surface area contributed by atoms with Crippen molar-refractivity contribution in [1.82, 2.24) is 5.32 Å². The molecule has 0 radical (unpaired) electrons. The van der Waals surface area contributed by atoms with Crippen LogP contribution in [0.25, 0.3) is 0 Å². The summed E-state index contributed by atoms with van der Waals surface area (Å²) in [7, 11) is 2.01. The molecule has 0 heterocycles. The molecule has 1 unspecified atom stereocenters. The molecule has 0 aliphatic heterocycles. The smallest absolute Gasteiger partial charge is 0.00438 e. The molecule has 0 aliphatic rings. The lowest BCUT2D eigenvalue weighted by Gasteiger charge is -2.32. The molecule has 13 heavy (non-hydrogen) atoms. The first-order chi connectivity index (χ1) is 5.81. The largest absolute Gasteiger partial charge is 0.317 e. The highest BCUT2D eigenvalue weighted by molar-refractivity contribution is 5.10. The Morgan fingerprint density at radius 2 is 1.77 bits per heavy atom. The van der Waals surface area contributed by atoms with Gasteiger partial charge in [-0.15, -0.1) is 0 Å². The van der Waals surface area contributed by atoms with Gasteiger partial charge in [0.2, 0.25) is 0 Å². The zero-order valence-corrected chi connectivity index (χ0v) is 10.1. The van der Waals surface area contributed by atoms with Gasteiger partial charge in [0, 0.05) is 6.04 Å². The van der Waals surface area contributed by atoms with Crippen LogP contribution in [-0.4, -0.2) is 13.1 Å². The summed E-state index contributed by atoms with van der Waals surface area (Å²) in [5.74, 6) is 0.582. The lowest BCUT2D eigenvalue weighted by atomic mass is 9.75. The fraction of sp³-hybridized carbons (Fsp3) is 0.833. The third-order valence-corrected chi connectivity index (χ3v) is 2.88. The Morgan fingerprint density at radius 1 is 1.31 bits per heavy atom. The average Bonchev–Trinajstić information content (AvgIpc) is 2.01. The van der Waals surface area contributed by atoms with Crippen molar-refractivity contribution in [2.45, 2.75) is 47.1 Å². The molecule has 1 heteroatoms. The molecule has 0 saturated carbocycles. The van der Waals surface area contributed by atoms with E-state index >= 15 is 0 Å². The van der Waals surface area contributed by atoms with Crippen LogP contribution in [0.1, 0.15) is 41.0 Å². The summed E-state index contributed by atoms with van der Waals surface area (Å²) < 4.78 is 0. The van der Waals surface area contributed by atoms with Crippen LogP contribution in [0.2, 0.25) is 0 Å². The van der Waals surface area contributed by atoms with E-state index in [0.717, 1.165) is 6.42 Å². The monoisotopic (exact) mass is 183 g/mol. The summed E-state index contributed by atoms with van der Waals surface area (Å²) in [6.07, 6.45) is 1.15. The highest BCUT2D eigenvalue weighted by Gasteiger charge is 2.25. The SMILES string of the molecule is C=C(C(C)C)C(C)(C)CC(C)NC. The van der Waals surface area contributed by atoms with E-state index in [-0.39, 0.29) is 5.41 Å². The van der Waals surface area contributed by atoms with Gasteiger partial charge in [0.25, 0.3) is 0 Å². The van der Waals surface area contributed by atoms with Gasteiger partial charge in [0.15, 0.2) is 0 Å². The van der Waals surface area contributed by atoms with E-state index in [9.17, 15) is 0 Å². The topological polar surface area (TPSA) is 12.0 Å². The van der Waals surface area contributed by atoms with Gasteiger partial charge in [0.1, 0.15) is 0 Å². The third kappa shape index (κ3) is 3.95. The molecule has 0 aliphatic carbocycles. The van der Waals surface area contributed by atoms with Crippen molar-refractivity contribution < 1.29 is 0 Å². The minimum absolute atomic E-state index is 0.247. The Bertz CT molecular complexity index is 168. The lowest BCUT2D eigenvalue weighted by Crippen LogP contribution is -2.30. The van der Waals surface area contributed by atoms with Crippen molar-refractivity contribution in [3.63, 3.8) is 0 Å². The molecular weight excluding hydrogens is 158 g/mol. The van der Waals surface area contributed by atoms with Gasteiger partial charge in [-0.1, -0.05) is 39.8 Å². The van der Waals surface area contributed by atoms with Gasteiger partial charge in [-0.25, -0.2) is 0 Å². The third-order valence-electron chi connectivity index (χ3n) is 2.88. The minimum atomic E-state index is 0.247. The molecule has 0 amide bonds. The second-order valence-corrected chi connectivity index (χ2v) is 4.96. The van der Waals surface area contributed by atoms with Crippen molar-refractivity contribution in [3.8, 4) is 0 Å². The summed E-state index contributed by atoms with van der Waals surface area (Å²) in [4.78, 5) is 0. The van der Waals surface area contributed by atoms with Crippen LogP contribution in [0.15, 0.2) is 12.2 Å². The van der Waals surface area contributed by atoms with E-state index in [2.05, 4.69) is 46.5 Å². The normalized spacial score (nSPS) is 14.7. The maximum absolute atomic E-state index is 4.19. The van der Waals surface area contributed by atoms with Crippen molar-refractivity contribution in [2.75, 3.05) is 7.05 Å². The van der Waals surface area contributed by atoms with E-state index in [1.807, 2.05) is 7.05 Å². The molecule has 1 N–H and O–H groups in total. The summed E-state index contributed by atoms with van der Waals surface area (Å²) in [5.41, 5.74) is 1.60. The van der Waals surface area contributed by atoms with Crippen molar-refractivity contribution >= 4 is 0 Å². The maximum Gasteiger partial charge on any atom is 0.00438 e. The number of allylic oxidation sites excluding steroid dienone is 1. The van der Waals surface area contributed by atoms with Crippen LogP contribution in [0, 0.1) is 11.3 Å². The molecule has 1 nitrogen and oxygen atoms in total. The standard InChI is InChI=1S/C12H25N/c1-9(2)11(4)12(5,6)8-10(3)13-7/h9-10,13H,4,8H2,1-3,5-7H3. The quantitative estimate of drug-likeness (QED) is 0.645. The minimum Gasteiger partial charge on any atom is -0.317 e.